The number of nitrogen functional groups attached to an aromatic ring is 1. The average molecular weight is 198 g/mol. The quantitative estimate of drug-likeness (QED) is 0.724. The molecule has 0 aromatic carbocycles. The number of hydrogen-bond acceptors (Lipinski definition) is 4. The third-order valence-corrected chi connectivity index (χ3v) is 2.81. The standard InChI is InChI=1S/C8H10N2O2S/c9-6-3-7(13-4-6)8(11)10-1-2-12-5-10/h3-4H,1-2,5,9H2. The van der Waals surface area contributed by atoms with Gasteiger partial charge in [0, 0.05) is 17.6 Å². The molecule has 0 unspecified atom stereocenters. The number of thiophene rings is 1. The van der Waals surface area contributed by atoms with Crippen molar-refractivity contribution in [2.75, 3.05) is 25.6 Å². The SMILES string of the molecule is Nc1csc(C(=O)N2CCOC2)c1. The fourth-order valence-corrected chi connectivity index (χ4v) is 1.96. The molecular weight excluding hydrogens is 188 g/mol. The van der Waals surface area contributed by atoms with Gasteiger partial charge in [-0.15, -0.1) is 11.3 Å². The number of anilines is 1. The number of ether oxygens (including phenoxy) is 1. The summed E-state index contributed by atoms with van der Waals surface area (Å²) in [5.74, 6) is 0.0131. The third-order valence-electron chi connectivity index (χ3n) is 1.87. The number of hydrogen-bond donors (Lipinski definition) is 1. The maximum Gasteiger partial charge on any atom is 0.265 e. The van der Waals surface area contributed by atoms with Gasteiger partial charge in [0.15, 0.2) is 0 Å². The van der Waals surface area contributed by atoms with E-state index in [4.69, 9.17) is 10.5 Å². The van der Waals surface area contributed by atoms with Crippen molar-refractivity contribution in [3.05, 3.63) is 16.3 Å². The van der Waals surface area contributed by atoms with E-state index >= 15 is 0 Å². The maximum atomic E-state index is 11.7. The molecule has 1 fully saturated rings. The van der Waals surface area contributed by atoms with Crippen LogP contribution in [0.1, 0.15) is 9.67 Å². The zero-order valence-electron chi connectivity index (χ0n) is 7.03. The van der Waals surface area contributed by atoms with Crippen LogP contribution < -0.4 is 5.73 Å². The van der Waals surface area contributed by atoms with Gasteiger partial charge in [0.25, 0.3) is 5.91 Å². The molecule has 0 spiro atoms. The van der Waals surface area contributed by atoms with Crippen molar-refractivity contribution in [3.63, 3.8) is 0 Å². The molecule has 1 aliphatic heterocycles. The average Bonchev–Trinajstić information content (AvgIpc) is 2.72. The molecule has 1 aliphatic rings. The molecule has 0 aliphatic carbocycles. The van der Waals surface area contributed by atoms with Crippen molar-refractivity contribution >= 4 is 22.9 Å². The lowest BCUT2D eigenvalue weighted by molar-refractivity contribution is 0.0699. The van der Waals surface area contributed by atoms with E-state index in [1.165, 1.54) is 11.3 Å². The molecule has 5 heteroatoms. The zero-order valence-corrected chi connectivity index (χ0v) is 7.84. The van der Waals surface area contributed by atoms with E-state index in [2.05, 4.69) is 0 Å². The summed E-state index contributed by atoms with van der Waals surface area (Å²) >= 11 is 1.37. The largest absolute Gasteiger partial charge is 0.398 e. The van der Waals surface area contributed by atoms with Crippen LogP contribution in [0.5, 0.6) is 0 Å². The highest BCUT2D eigenvalue weighted by atomic mass is 32.1. The van der Waals surface area contributed by atoms with Crippen LogP contribution in [0, 0.1) is 0 Å². The van der Waals surface area contributed by atoms with Crippen LogP contribution >= 0.6 is 11.3 Å². The molecule has 70 valence electrons. The van der Waals surface area contributed by atoms with Gasteiger partial charge in [0.2, 0.25) is 0 Å². The van der Waals surface area contributed by atoms with E-state index in [1.54, 1.807) is 16.3 Å². The van der Waals surface area contributed by atoms with Gasteiger partial charge in [-0.05, 0) is 6.07 Å². The molecule has 4 nitrogen and oxygen atoms in total. The summed E-state index contributed by atoms with van der Waals surface area (Å²) in [6.45, 7) is 1.71. The molecule has 1 aromatic heterocycles. The highest BCUT2D eigenvalue weighted by molar-refractivity contribution is 7.12. The van der Waals surface area contributed by atoms with Gasteiger partial charge in [-0.3, -0.25) is 4.79 Å². The molecule has 2 rings (SSSR count). The molecule has 0 atom stereocenters. The van der Waals surface area contributed by atoms with Gasteiger partial charge in [-0.1, -0.05) is 0 Å². The minimum Gasteiger partial charge on any atom is -0.398 e. The molecule has 2 heterocycles. The monoisotopic (exact) mass is 198 g/mol. The van der Waals surface area contributed by atoms with Gasteiger partial charge in [-0.2, -0.15) is 0 Å². The van der Waals surface area contributed by atoms with Crippen LogP contribution in [0.25, 0.3) is 0 Å². The second-order valence-corrected chi connectivity index (χ2v) is 3.76. The van der Waals surface area contributed by atoms with E-state index in [1.807, 2.05) is 0 Å². The first kappa shape index (κ1) is 8.52. The summed E-state index contributed by atoms with van der Waals surface area (Å²) in [4.78, 5) is 14.0. The van der Waals surface area contributed by atoms with Gasteiger partial charge in [-0.25, -0.2) is 0 Å². The smallest absolute Gasteiger partial charge is 0.265 e. The summed E-state index contributed by atoms with van der Waals surface area (Å²) in [6, 6.07) is 1.70. The minimum absolute atomic E-state index is 0.0131. The molecule has 13 heavy (non-hydrogen) atoms. The second kappa shape index (κ2) is 3.35. The van der Waals surface area contributed by atoms with E-state index in [9.17, 15) is 4.79 Å². The van der Waals surface area contributed by atoms with Crippen molar-refractivity contribution in [3.8, 4) is 0 Å². The van der Waals surface area contributed by atoms with Crippen LogP contribution in [0.4, 0.5) is 5.69 Å². The molecule has 1 aromatic rings. The Bertz CT molecular complexity index is 318. The molecule has 0 saturated carbocycles. The summed E-state index contributed by atoms with van der Waals surface area (Å²) in [6.07, 6.45) is 0. The first-order chi connectivity index (χ1) is 6.27. The van der Waals surface area contributed by atoms with Gasteiger partial charge < -0.3 is 15.4 Å². The fraction of sp³-hybridized carbons (Fsp3) is 0.375. The molecule has 1 amide bonds. The van der Waals surface area contributed by atoms with Crippen molar-refractivity contribution in [2.45, 2.75) is 0 Å². The number of carbonyl (C=O) groups excluding carboxylic acids is 1. The van der Waals surface area contributed by atoms with Gasteiger partial charge >= 0.3 is 0 Å². The number of carbonyl (C=O) groups is 1. The Labute approximate surface area is 79.9 Å². The third kappa shape index (κ3) is 1.66. The van der Waals surface area contributed by atoms with Crippen LogP contribution in [0.3, 0.4) is 0 Å². The predicted octanol–water partition coefficient (Wildman–Crippen LogP) is 0.760. The lowest BCUT2D eigenvalue weighted by Crippen LogP contribution is -2.27. The summed E-state index contributed by atoms with van der Waals surface area (Å²) in [5.41, 5.74) is 6.17. The number of amides is 1. The summed E-state index contributed by atoms with van der Waals surface area (Å²) in [7, 11) is 0. The summed E-state index contributed by atoms with van der Waals surface area (Å²) < 4.78 is 5.08. The Hall–Kier alpha value is -1.07. The van der Waals surface area contributed by atoms with Crippen molar-refractivity contribution in [2.24, 2.45) is 0 Å². The zero-order chi connectivity index (χ0) is 9.26. The van der Waals surface area contributed by atoms with Crippen LogP contribution in [-0.2, 0) is 4.74 Å². The normalized spacial score (nSPS) is 16.5. The van der Waals surface area contributed by atoms with E-state index in [0.717, 1.165) is 0 Å². The Kier molecular flexibility index (Phi) is 2.20. The first-order valence-electron chi connectivity index (χ1n) is 3.98. The van der Waals surface area contributed by atoms with Crippen molar-refractivity contribution < 1.29 is 9.53 Å². The number of rotatable bonds is 1. The van der Waals surface area contributed by atoms with Crippen molar-refractivity contribution in [1.29, 1.82) is 0 Å². The topological polar surface area (TPSA) is 55.6 Å². The number of nitrogens with zero attached hydrogens (tertiary/aromatic N) is 1. The molecular formula is C8H10N2O2S. The number of nitrogens with two attached hydrogens (primary N) is 1. The molecule has 2 N–H and O–H groups in total. The van der Waals surface area contributed by atoms with Gasteiger partial charge in [0.05, 0.1) is 11.5 Å². The van der Waals surface area contributed by atoms with E-state index in [-0.39, 0.29) is 5.91 Å². The summed E-state index contributed by atoms with van der Waals surface area (Å²) in [5, 5.41) is 1.77. The highest BCUT2D eigenvalue weighted by Gasteiger charge is 2.20. The van der Waals surface area contributed by atoms with Crippen LogP contribution in [0.2, 0.25) is 0 Å². The van der Waals surface area contributed by atoms with Crippen LogP contribution in [0.15, 0.2) is 11.4 Å². The van der Waals surface area contributed by atoms with E-state index < -0.39 is 0 Å². The highest BCUT2D eigenvalue weighted by Crippen LogP contribution is 2.18. The lowest BCUT2D eigenvalue weighted by Gasteiger charge is -2.10. The fourth-order valence-electron chi connectivity index (χ4n) is 1.19. The molecule has 0 radical (unpaired) electrons. The van der Waals surface area contributed by atoms with Gasteiger partial charge in [0.1, 0.15) is 6.73 Å². The molecule has 1 saturated heterocycles. The maximum absolute atomic E-state index is 11.7. The Morgan fingerprint density at radius 2 is 2.54 bits per heavy atom. The first-order valence-corrected chi connectivity index (χ1v) is 4.86. The predicted molar refractivity (Wildman–Crippen MR) is 50.6 cm³/mol. The Balaban J connectivity index is 2.12. The lowest BCUT2D eigenvalue weighted by atomic mass is 10.4. The molecule has 0 bridgehead atoms. The minimum atomic E-state index is 0.0131. The second-order valence-electron chi connectivity index (χ2n) is 2.85. The van der Waals surface area contributed by atoms with Crippen LogP contribution in [-0.4, -0.2) is 30.7 Å². The van der Waals surface area contributed by atoms with E-state index in [0.29, 0.717) is 30.4 Å². The van der Waals surface area contributed by atoms with Crippen molar-refractivity contribution in [1.82, 2.24) is 4.90 Å². The Morgan fingerprint density at radius 1 is 1.69 bits per heavy atom. The Morgan fingerprint density at radius 3 is 3.08 bits per heavy atom.